The van der Waals surface area contributed by atoms with E-state index in [9.17, 15) is 14.4 Å². The molecular formula is C27H28ClN3O3. The summed E-state index contributed by atoms with van der Waals surface area (Å²) < 4.78 is 0. The molecule has 1 aliphatic rings. The van der Waals surface area contributed by atoms with Gasteiger partial charge < -0.3 is 10.2 Å². The van der Waals surface area contributed by atoms with Gasteiger partial charge in [0.05, 0.1) is 5.69 Å². The van der Waals surface area contributed by atoms with Crippen molar-refractivity contribution in [2.24, 2.45) is 0 Å². The molecule has 3 aromatic carbocycles. The Morgan fingerprint density at radius 3 is 2.38 bits per heavy atom. The quantitative estimate of drug-likeness (QED) is 0.507. The molecule has 0 saturated heterocycles. The van der Waals surface area contributed by atoms with Crippen LogP contribution in [0.15, 0.2) is 60.7 Å². The average Bonchev–Trinajstić information content (AvgIpc) is 3.11. The van der Waals surface area contributed by atoms with Gasteiger partial charge >= 0.3 is 0 Å². The normalized spacial score (nSPS) is 14.2. The molecule has 3 aromatic rings. The van der Waals surface area contributed by atoms with E-state index in [-0.39, 0.29) is 36.9 Å². The highest BCUT2D eigenvalue weighted by Crippen LogP contribution is 2.37. The Morgan fingerprint density at radius 1 is 1.03 bits per heavy atom. The fourth-order valence-electron chi connectivity index (χ4n) is 4.20. The van der Waals surface area contributed by atoms with Crippen molar-refractivity contribution in [3.05, 3.63) is 76.8 Å². The lowest BCUT2D eigenvalue weighted by Gasteiger charge is -2.31. The predicted octanol–water partition coefficient (Wildman–Crippen LogP) is 4.79. The fraction of sp³-hybridized carbons (Fsp3) is 0.296. The van der Waals surface area contributed by atoms with Crippen LogP contribution in [0.1, 0.15) is 43.1 Å². The monoisotopic (exact) mass is 477 g/mol. The van der Waals surface area contributed by atoms with Gasteiger partial charge in [-0.2, -0.15) is 0 Å². The van der Waals surface area contributed by atoms with Crippen molar-refractivity contribution in [2.45, 2.75) is 45.8 Å². The molecule has 176 valence electrons. The molecule has 0 bridgehead atoms. The van der Waals surface area contributed by atoms with Gasteiger partial charge in [-0.15, -0.1) is 0 Å². The lowest BCUT2D eigenvalue weighted by Crippen LogP contribution is -2.52. The Morgan fingerprint density at radius 2 is 1.71 bits per heavy atom. The highest BCUT2D eigenvalue weighted by atomic mass is 35.5. The third kappa shape index (κ3) is 4.64. The molecular weight excluding hydrogens is 450 g/mol. The van der Waals surface area contributed by atoms with E-state index in [1.54, 1.807) is 25.1 Å². The Hall–Kier alpha value is -3.38. The lowest BCUT2D eigenvalue weighted by molar-refractivity contribution is -0.139. The summed E-state index contributed by atoms with van der Waals surface area (Å²) in [7, 11) is 0. The number of carbonyl (C=O) groups is 3. The Kier molecular flexibility index (Phi) is 6.89. The van der Waals surface area contributed by atoms with Gasteiger partial charge in [-0.3, -0.25) is 19.3 Å². The van der Waals surface area contributed by atoms with Gasteiger partial charge in [0.15, 0.2) is 0 Å². The van der Waals surface area contributed by atoms with Crippen LogP contribution >= 0.6 is 11.6 Å². The van der Waals surface area contributed by atoms with Crippen molar-refractivity contribution in [1.29, 1.82) is 0 Å². The molecule has 3 amide bonds. The summed E-state index contributed by atoms with van der Waals surface area (Å²) in [5, 5.41) is 5.37. The van der Waals surface area contributed by atoms with E-state index in [1.807, 2.05) is 56.3 Å². The molecule has 1 heterocycles. The highest BCUT2D eigenvalue weighted by molar-refractivity contribution is 6.30. The molecule has 0 aliphatic carbocycles. The van der Waals surface area contributed by atoms with Gasteiger partial charge in [0, 0.05) is 28.6 Å². The first-order valence-electron chi connectivity index (χ1n) is 11.5. The zero-order valence-electron chi connectivity index (χ0n) is 19.5. The largest absolute Gasteiger partial charge is 0.352 e. The van der Waals surface area contributed by atoms with Gasteiger partial charge in [0.25, 0.3) is 5.91 Å². The van der Waals surface area contributed by atoms with E-state index in [0.29, 0.717) is 10.6 Å². The molecule has 6 nitrogen and oxygen atoms in total. The molecule has 7 heteroatoms. The number of nitrogens with zero attached hydrogens (tertiary/aromatic N) is 2. The van der Waals surface area contributed by atoms with Crippen molar-refractivity contribution >= 4 is 45.8 Å². The number of benzene rings is 3. The molecule has 0 fully saturated rings. The van der Waals surface area contributed by atoms with Crippen LogP contribution in [-0.2, 0) is 16.1 Å². The molecule has 1 aliphatic heterocycles. The fourth-order valence-corrected chi connectivity index (χ4v) is 4.32. The Labute approximate surface area is 204 Å². The van der Waals surface area contributed by atoms with Crippen molar-refractivity contribution in [2.75, 3.05) is 11.4 Å². The van der Waals surface area contributed by atoms with Crippen molar-refractivity contribution < 1.29 is 14.4 Å². The summed E-state index contributed by atoms with van der Waals surface area (Å²) in [4.78, 5) is 42.8. The lowest BCUT2D eigenvalue weighted by atomic mass is 10.1. The smallest absolute Gasteiger partial charge is 0.259 e. The molecule has 4 rings (SSSR count). The zero-order valence-corrected chi connectivity index (χ0v) is 20.3. The van der Waals surface area contributed by atoms with Crippen LogP contribution < -0.4 is 10.2 Å². The first-order valence-corrected chi connectivity index (χ1v) is 11.9. The average molecular weight is 478 g/mol. The molecule has 2 atom stereocenters. The van der Waals surface area contributed by atoms with Gasteiger partial charge in [0.2, 0.25) is 11.8 Å². The summed E-state index contributed by atoms with van der Waals surface area (Å²) >= 11 is 6.02. The zero-order chi connectivity index (χ0) is 24.4. The van der Waals surface area contributed by atoms with Gasteiger partial charge in [-0.25, -0.2) is 0 Å². The number of hydrogen-bond acceptors (Lipinski definition) is 3. The number of amides is 3. The van der Waals surface area contributed by atoms with Crippen LogP contribution in [0.4, 0.5) is 5.69 Å². The van der Waals surface area contributed by atoms with E-state index < -0.39 is 6.04 Å². The van der Waals surface area contributed by atoms with E-state index in [0.717, 1.165) is 28.4 Å². The Balaban J connectivity index is 1.61. The minimum absolute atomic E-state index is 0.00491. The van der Waals surface area contributed by atoms with E-state index >= 15 is 0 Å². The Bertz CT molecular complexity index is 1240. The summed E-state index contributed by atoms with van der Waals surface area (Å²) in [5.74, 6) is -0.738. The molecule has 0 spiro atoms. The topological polar surface area (TPSA) is 69.7 Å². The van der Waals surface area contributed by atoms with Crippen LogP contribution in [0.5, 0.6) is 0 Å². The number of nitrogens with one attached hydrogen (secondary N) is 1. The minimum atomic E-state index is -0.715. The van der Waals surface area contributed by atoms with Gasteiger partial charge in [0.1, 0.15) is 12.6 Å². The van der Waals surface area contributed by atoms with E-state index in [4.69, 9.17) is 11.6 Å². The van der Waals surface area contributed by atoms with Crippen LogP contribution in [0.2, 0.25) is 5.02 Å². The summed E-state index contributed by atoms with van der Waals surface area (Å²) in [6.45, 7) is 5.71. The summed E-state index contributed by atoms with van der Waals surface area (Å²) in [6.07, 6.45) is 0.786. The standard InChI is InChI=1S/C27H28ClN3O3/c1-4-17(2)29-26(33)18(3)30(15-19-11-13-21(28)14-12-19)24(32)16-31-23-10-6-8-20-7-5-9-22(25(20)23)27(31)34/h5-14,17-18H,4,15-16H2,1-3H3,(H,29,33)/t17-,18-/m1/s1. The first-order chi connectivity index (χ1) is 16.3. The number of rotatable bonds is 8. The number of carbonyl (C=O) groups excluding carboxylic acids is 3. The maximum absolute atomic E-state index is 13.6. The molecule has 0 saturated carbocycles. The maximum Gasteiger partial charge on any atom is 0.259 e. The third-order valence-electron chi connectivity index (χ3n) is 6.38. The number of anilines is 1. The summed E-state index contributed by atoms with van der Waals surface area (Å²) in [6, 6.07) is 17.7. The highest BCUT2D eigenvalue weighted by Gasteiger charge is 2.34. The van der Waals surface area contributed by atoms with Gasteiger partial charge in [-0.1, -0.05) is 54.9 Å². The van der Waals surface area contributed by atoms with E-state index in [2.05, 4.69) is 5.32 Å². The molecule has 34 heavy (non-hydrogen) atoms. The molecule has 0 unspecified atom stereocenters. The second-order valence-corrected chi connectivity index (χ2v) is 9.15. The summed E-state index contributed by atoms with van der Waals surface area (Å²) in [5.41, 5.74) is 2.15. The van der Waals surface area contributed by atoms with Crippen LogP contribution in [0, 0.1) is 0 Å². The van der Waals surface area contributed by atoms with Crippen LogP contribution in [0.3, 0.4) is 0 Å². The number of halogens is 1. The van der Waals surface area contributed by atoms with Crippen molar-refractivity contribution in [3.63, 3.8) is 0 Å². The van der Waals surface area contributed by atoms with Gasteiger partial charge in [-0.05, 0) is 55.5 Å². The van der Waals surface area contributed by atoms with Crippen molar-refractivity contribution in [1.82, 2.24) is 10.2 Å². The van der Waals surface area contributed by atoms with Crippen molar-refractivity contribution in [3.8, 4) is 0 Å². The number of hydrogen-bond donors (Lipinski definition) is 1. The second-order valence-electron chi connectivity index (χ2n) is 8.71. The molecule has 1 N–H and O–H groups in total. The minimum Gasteiger partial charge on any atom is -0.352 e. The first kappa shape index (κ1) is 23.8. The van der Waals surface area contributed by atoms with E-state index in [1.165, 1.54) is 9.80 Å². The predicted molar refractivity (Wildman–Crippen MR) is 135 cm³/mol. The molecule has 0 radical (unpaired) electrons. The maximum atomic E-state index is 13.6. The second kappa shape index (κ2) is 9.85. The SMILES string of the molecule is CC[C@@H](C)NC(=O)[C@@H](C)N(Cc1ccc(Cl)cc1)C(=O)CN1C(=O)c2cccc3cccc1c23. The molecule has 0 aromatic heterocycles. The van der Waals surface area contributed by atoms with Crippen LogP contribution in [0.25, 0.3) is 10.8 Å². The third-order valence-corrected chi connectivity index (χ3v) is 6.63. The van der Waals surface area contributed by atoms with Crippen LogP contribution in [-0.4, -0.2) is 41.2 Å².